The van der Waals surface area contributed by atoms with E-state index in [9.17, 15) is 24.5 Å². The molecular weight excluding hydrogens is 375 g/mol. The highest BCUT2D eigenvalue weighted by Crippen LogP contribution is 2.69. The van der Waals surface area contributed by atoms with Gasteiger partial charge in [-0.05, 0) is 0 Å². The molecule has 0 aromatic carbocycles. The first-order chi connectivity index (χ1) is 10.6. The van der Waals surface area contributed by atoms with E-state index in [0.717, 1.165) is 6.33 Å². The van der Waals surface area contributed by atoms with Crippen LogP contribution in [0, 0.1) is 10.1 Å². The van der Waals surface area contributed by atoms with Crippen molar-refractivity contribution in [3.63, 3.8) is 0 Å². The summed E-state index contributed by atoms with van der Waals surface area (Å²) in [5.74, 6) is -0.959. The number of rotatable bonds is 4. The molecule has 2 aliphatic heterocycles. The molecule has 3 atom stereocenters. The second-order valence-corrected chi connectivity index (χ2v) is 9.63. The Morgan fingerprint density at radius 3 is 2.65 bits per heavy atom. The van der Waals surface area contributed by atoms with Crippen LogP contribution in [0.1, 0.15) is 0 Å². The Morgan fingerprint density at radius 1 is 1.43 bits per heavy atom. The van der Waals surface area contributed by atoms with Crippen molar-refractivity contribution in [3.8, 4) is 0 Å². The second kappa shape index (κ2) is 4.97. The van der Waals surface area contributed by atoms with Gasteiger partial charge in [0, 0.05) is 0 Å². The van der Waals surface area contributed by atoms with E-state index in [1.165, 1.54) is 0 Å². The molecule has 0 amide bonds. The number of hydrogen-bond donors (Lipinski definition) is 4. The Bertz CT molecular complexity index is 864. The van der Waals surface area contributed by atoms with Crippen LogP contribution in [0.3, 0.4) is 0 Å². The zero-order valence-electron chi connectivity index (χ0n) is 10.7. The van der Waals surface area contributed by atoms with E-state index in [1.807, 2.05) is 0 Å². The Balaban J connectivity index is 1.98. The Morgan fingerprint density at radius 2 is 2.09 bits per heavy atom. The molecule has 0 aliphatic carbocycles. The summed E-state index contributed by atoms with van der Waals surface area (Å²) < 4.78 is 16.1. The fourth-order valence-electron chi connectivity index (χ4n) is 1.91. The number of hydrogen-bond acceptors (Lipinski definition) is 10. The molecule has 2 aliphatic rings. The van der Waals surface area contributed by atoms with Crippen LogP contribution in [-0.4, -0.2) is 40.4 Å². The number of nitro groups is 1. The standard InChI is InChI=1S/C7H6N5O8P3/c8-3-2(12(13)14)4(10-1-9-3)11-7-5(22(7)16)21(15)6(20-7)23(17,18)19/h1H,(H2,17,18,19)(H3,8,9,10,11). The van der Waals surface area contributed by atoms with E-state index >= 15 is 0 Å². The molecule has 13 nitrogen and oxygen atoms in total. The number of fused-ring (bicyclic) bond motifs is 1. The van der Waals surface area contributed by atoms with Gasteiger partial charge in [0.05, 0.1) is 4.92 Å². The molecule has 3 heterocycles. The number of anilines is 2. The quantitative estimate of drug-likeness (QED) is 0.252. The van der Waals surface area contributed by atoms with Crippen LogP contribution in [-0.2, 0) is 9.30 Å². The van der Waals surface area contributed by atoms with Crippen LogP contribution in [0.15, 0.2) is 6.33 Å². The zero-order valence-corrected chi connectivity index (χ0v) is 13.4. The summed E-state index contributed by atoms with van der Waals surface area (Å²) in [6, 6.07) is 0. The first-order valence-electron chi connectivity index (χ1n) is 5.57. The summed E-state index contributed by atoms with van der Waals surface area (Å²) in [6.45, 7) is 0. The summed E-state index contributed by atoms with van der Waals surface area (Å²) in [7, 11) is -10.2. The van der Waals surface area contributed by atoms with E-state index in [4.69, 9.17) is 20.3 Å². The first kappa shape index (κ1) is 16.3. The van der Waals surface area contributed by atoms with Crippen molar-refractivity contribution in [1.82, 2.24) is 9.97 Å². The molecule has 3 rings (SSSR count). The van der Waals surface area contributed by atoms with E-state index in [1.54, 1.807) is 0 Å². The summed E-state index contributed by atoms with van der Waals surface area (Å²) in [5.41, 5.74) is 2.64. The van der Waals surface area contributed by atoms with Gasteiger partial charge in [-0.3, -0.25) is 15.4 Å². The molecule has 122 valence electrons. The van der Waals surface area contributed by atoms with Gasteiger partial charge in [0.1, 0.15) is 6.33 Å². The van der Waals surface area contributed by atoms with Gasteiger partial charge in [-0.1, -0.05) is 0 Å². The monoisotopic (exact) mass is 381 g/mol. The molecule has 0 radical (unpaired) electrons. The molecule has 5 N–H and O–H groups in total. The highest BCUT2D eigenvalue weighted by Gasteiger charge is 2.80. The number of nitrogen functional groups attached to an aromatic ring is 1. The lowest BCUT2D eigenvalue weighted by molar-refractivity contribution is -0.383. The van der Waals surface area contributed by atoms with Crippen molar-refractivity contribution in [2.24, 2.45) is 0 Å². The zero-order chi connectivity index (χ0) is 17.2. The molecular formula is C7H6N5O8P3. The van der Waals surface area contributed by atoms with Crippen molar-refractivity contribution in [3.05, 3.63) is 16.4 Å². The molecule has 0 spiro atoms. The van der Waals surface area contributed by atoms with Gasteiger partial charge in [0.2, 0.25) is 11.6 Å². The van der Waals surface area contributed by atoms with Crippen LogP contribution in [0.5, 0.6) is 0 Å². The molecule has 1 aromatic heterocycles. The number of nitrogens with zero attached hydrogens (tertiary/aromatic N) is 3. The van der Waals surface area contributed by atoms with Gasteiger partial charge in [-0.15, -0.1) is 0 Å². The molecule has 0 fully saturated rings. The molecule has 1 aromatic rings. The van der Waals surface area contributed by atoms with Crippen LogP contribution in [0.4, 0.5) is 17.3 Å². The van der Waals surface area contributed by atoms with Gasteiger partial charge in [-0.2, -0.15) is 0 Å². The lowest BCUT2D eigenvalue weighted by atomic mass is 10.4. The van der Waals surface area contributed by atoms with Crippen molar-refractivity contribution in [2.75, 3.05) is 11.1 Å². The van der Waals surface area contributed by atoms with Crippen LogP contribution in [0.2, 0.25) is 0 Å². The lowest BCUT2D eigenvalue weighted by Gasteiger charge is -2.11. The first-order valence-corrected chi connectivity index (χ1v) is 9.70. The predicted molar refractivity (Wildman–Crippen MR) is 76.4 cm³/mol. The van der Waals surface area contributed by atoms with E-state index < -0.39 is 56.1 Å². The fourth-order valence-corrected chi connectivity index (χ4v) is 7.33. The largest absolute Gasteiger partial charge is 0.623 e. The Labute approximate surface area is 128 Å². The maximum Gasteiger partial charge on any atom is 0.423 e. The maximum atomic E-state index is 11.9. The third-order valence-electron chi connectivity index (χ3n) is 2.91. The van der Waals surface area contributed by atoms with Crippen molar-refractivity contribution >= 4 is 50.7 Å². The van der Waals surface area contributed by atoms with Gasteiger partial charge >= 0.3 is 29.0 Å². The van der Waals surface area contributed by atoms with Gasteiger partial charge in [0.15, 0.2) is 15.5 Å². The third-order valence-corrected chi connectivity index (χ3v) is 8.70. The summed E-state index contributed by atoms with van der Waals surface area (Å²) in [4.78, 5) is 59.1. The van der Waals surface area contributed by atoms with E-state index in [0.29, 0.717) is 0 Å². The van der Waals surface area contributed by atoms with Gasteiger partial charge < -0.3 is 25.3 Å². The summed E-state index contributed by atoms with van der Waals surface area (Å²) >= 11 is 0. The SMILES string of the molecule is Nc1ncnc(NC23OC(P(=O)(O)O)=[P+]([O-])C2=[P+]3[O-])c1[N+](=O)[O-]. The topological polar surface area (TPSA) is 220 Å². The second-order valence-electron chi connectivity index (χ2n) is 4.32. The Hall–Kier alpha value is -1.55. The molecule has 3 unspecified atom stereocenters. The molecule has 0 saturated heterocycles. The number of aromatic nitrogens is 2. The molecule has 0 saturated carbocycles. The highest BCUT2D eigenvalue weighted by atomic mass is 31.2. The van der Waals surface area contributed by atoms with Crippen molar-refractivity contribution in [1.29, 1.82) is 0 Å². The van der Waals surface area contributed by atoms with E-state index in [-0.39, 0.29) is 5.03 Å². The van der Waals surface area contributed by atoms with Crippen molar-refractivity contribution < 1.29 is 33.8 Å². The smallest absolute Gasteiger partial charge is 0.423 e. The minimum absolute atomic E-state index is 0.285. The maximum absolute atomic E-state index is 11.9. The normalized spacial score (nSPS) is 26.3. The van der Waals surface area contributed by atoms with E-state index in [2.05, 4.69) is 15.3 Å². The lowest BCUT2D eigenvalue weighted by Crippen LogP contribution is -2.32. The van der Waals surface area contributed by atoms with Crippen LogP contribution < -0.4 is 20.8 Å². The average molecular weight is 381 g/mol. The van der Waals surface area contributed by atoms with Crippen LogP contribution in [0.25, 0.3) is 0 Å². The van der Waals surface area contributed by atoms with Crippen LogP contribution >= 0.6 is 23.1 Å². The van der Waals surface area contributed by atoms with Crippen molar-refractivity contribution in [2.45, 2.75) is 5.47 Å². The van der Waals surface area contributed by atoms with Gasteiger partial charge in [-0.25, -0.2) is 19.3 Å². The summed E-state index contributed by atoms with van der Waals surface area (Å²) in [6.07, 6.45) is 0.888. The third kappa shape index (κ3) is 2.35. The molecule has 16 heteroatoms. The fraction of sp³-hybridized carbons (Fsp3) is 0.143. The molecule has 0 bridgehead atoms. The molecule has 23 heavy (non-hydrogen) atoms. The number of nitrogens with one attached hydrogen (secondary N) is 1. The Kier molecular flexibility index (Phi) is 3.53. The predicted octanol–water partition coefficient (Wildman–Crippen LogP) is -2.01. The summed E-state index contributed by atoms with van der Waals surface area (Å²) in [5, 5.41) is 12.0. The average Bonchev–Trinajstić information content (AvgIpc) is 2.82. The number of ether oxygens (including phenoxy) is 1. The minimum atomic E-state index is -4.96. The number of nitrogens with two attached hydrogens (primary N) is 1. The minimum Gasteiger partial charge on any atom is -0.623 e. The highest BCUT2D eigenvalue weighted by molar-refractivity contribution is 8.01. The van der Waals surface area contributed by atoms with Gasteiger partial charge in [0.25, 0.3) is 0 Å².